The molecular formula is C15H20F3NO. The third-order valence-electron chi connectivity index (χ3n) is 4.08. The second-order valence-electron chi connectivity index (χ2n) is 5.56. The number of aliphatic hydroxyl groups is 1. The molecule has 0 amide bonds. The van der Waals surface area contributed by atoms with Crippen LogP contribution in [-0.4, -0.2) is 23.9 Å². The maximum absolute atomic E-state index is 12.8. The largest absolute Gasteiger partial charge is 0.395 e. The Hall–Kier alpha value is -1.07. The quantitative estimate of drug-likeness (QED) is 0.807. The van der Waals surface area contributed by atoms with Crippen LogP contribution in [0.15, 0.2) is 30.3 Å². The van der Waals surface area contributed by atoms with Gasteiger partial charge in [-0.3, -0.25) is 0 Å². The maximum Gasteiger partial charge on any atom is 0.394 e. The summed E-state index contributed by atoms with van der Waals surface area (Å²) in [6.07, 6.45) is -3.19. The number of rotatable bonds is 7. The van der Waals surface area contributed by atoms with Crippen molar-refractivity contribution in [3.63, 3.8) is 0 Å². The van der Waals surface area contributed by atoms with Crippen LogP contribution < -0.4 is 5.32 Å². The van der Waals surface area contributed by atoms with Crippen LogP contribution in [0.25, 0.3) is 0 Å². The van der Waals surface area contributed by atoms with E-state index in [-0.39, 0.29) is 31.9 Å². The molecule has 1 atom stereocenters. The third-order valence-corrected chi connectivity index (χ3v) is 4.08. The SMILES string of the molecule is OCC(CCC1(C(F)(F)F)CC1)NCc1ccccc1. The first-order valence-corrected chi connectivity index (χ1v) is 6.92. The van der Waals surface area contributed by atoms with Crippen molar-refractivity contribution >= 4 is 0 Å². The molecule has 0 spiro atoms. The molecule has 1 aliphatic rings. The number of nitrogens with one attached hydrogen (secondary N) is 1. The van der Waals surface area contributed by atoms with Gasteiger partial charge in [0.2, 0.25) is 0 Å². The molecule has 0 bridgehead atoms. The van der Waals surface area contributed by atoms with Crippen molar-refractivity contribution < 1.29 is 18.3 Å². The molecule has 2 rings (SSSR count). The monoisotopic (exact) mass is 287 g/mol. The molecule has 2 nitrogen and oxygen atoms in total. The van der Waals surface area contributed by atoms with Gasteiger partial charge in [0.25, 0.3) is 0 Å². The van der Waals surface area contributed by atoms with Gasteiger partial charge in [0, 0.05) is 12.6 Å². The summed E-state index contributed by atoms with van der Waals surface area (Å²) in [5, 5.41) is 12.4. The average Bonchev–Trinajstić information content (AvgIpc) is 3.21. The second kappa shape index (κ2) is 6.14. The van der Waals surface area contributed by atoms with Gasteiger partial charge < -0.3 is 10.4 Å². The van der Waals surface area contributed by atoms with Crippen LogP contribution in [-0.2, 0) is 6.54 Å². The number of hydrogen-bond donors (Lipinski definition) is 2. The summed E-state index contributed by atoms with van der Waals surface area (Å²) < 4.78 is 38.5. The zero-order valence-electron chi connectivity index (χ0n) is 11.3. The van der Waals surface area contributed by atoms with Gasteiger partial charge in [-0.2, -0.15) is 13.2 Å². The highest BCUT2D eigenvalue weighted by Crippen LogP contribution is 2.60. The Kier molecular flexibility index (Phi) is 4.70. The molecule has 112 valence electrons. The molecule has 0 saturated heterocycles. The molecule has 0 heterocycles. The van der Waals surface area contributed by atoms with Crippen molar-refractivity contribution in [2.24, 2.45) is 5.41 Å². The van der Waals surface area contributed by atoms with Gasteiger partial charge in [0.05, 0.1) is 12.0 Å². The zero-order valence-corrected chi connectivity index (χ0v) is 11.3. The lowest BCUT2D eigenvalue weighted by Gasteiger charge is -2.22. The van der Waals surface area contributed by atoms with Gasteiger partial charge in [-0.25, -0.2) is 0 Å². The molecule has 1 saturated carbocycles. The van der Waals surface area contributed by atoms with E-state index in [0.717, 1.165) is 5.56 Å². The minimum atomic E-state index is -4.10. The van der Waals surface area contributed by atoms with E-state index in [2.05, 4.69) is 5.32 Å². The summed E-state index contributed by atoms with van der Waals surface area (Å²) in [7, 11) is 0. The van der Waals surface area contributed by atoms with E-state index in [4.69, 9.17) is 0 Å². The molecule has 1 aliphatic carbocycles. The van der Waals surface area contributed by atoms with Gasteiger partial charge >= 0.3 is 6.18 Å². The van der Waals surface area contributed by atoms with Gasteiger partial charge in [-0.05, 0) is 31.2 Å². The molecule has 1 unspecified atom stereocenters. The number of benzene rings is 1. The smallest absolute Gasteiger partial charge is 0.394 e. The predicted octanol–water partition coefficient (Wildman–Crippen LogP) is 3.26. The molecule has 20 heavy (non-hydrogen) atoms. The Morgan fingerprint density at radius 1 is 1.20 bits per heavy atom. The molecule has 1 aromatic carbocycles. The lowest BCUT2D eigenvalue weighted by Crippen LogP contribution is -2.34. The summed E-state index contributed by atoms with van der Waals surface area (Å²) in [6, 6.07) is 9.34. The molecule has 5 heteroatoms. The fourth-order valence-electron chi connectivity index (χ4n) is 2.39. The van der Waals surface area contributed by atoms with Crippen molar-refractivity contribution in [1.29, 1.82) is 0 Å². The van der Waals surface area contributed by atoms with E-state index < -0.39 is 11.6 Å². The minimum Gasteiger partial charge on any atom is -0.395 e. The topological polar surface area (TPSA) is 32.3 Å². The van der Waals surface area contributed by atoms with E-state index in [1.54, 1.807) is 0 Å². The highest BCUT2D eigenvalue weighted by molar-refractivity contribution is 5.14. The highest BCUT2D eigenvalue weighted by atomic mass is 19.4. The Labute approximate surface area is 117 Å². The number of halogens is 3. The van der Waals surface area contributed by atoms with Crippen LogP contribution in [0.1, 0.15) is 31.2 Å². The van der Waals surface area contributed by atoms with E-state index in [9.17, 15) is 18.3 Å². The standard InChI is InChI=1S/C15H20F3NO/c16-15(17,18)14(8-9-14)7-6-13(11-20)19-10-12-4-2-1-3-5-12/h1-5,13,19-20H,6-11H2. The normalized spacial score (nSPS) is 18.8. The van der Waals surface area contributed by atoms with Crippen molar-refractivity contribution in [1.82, 2.24) is 5.32 Å². The molecule has 1 fully saturated rings. The summed E-state index contributed by atoms with van der Waals surface area (Å²) in [5.74, 6) is 0. The fraction of sp³-hybridized carbons (Fsp3) is 0.600. The van der Waals surface area contributed by atoms with Gasteiger partial charge in [0.1, 0.15) is 0 Å². The summed E-state index contributed by atoms with van der Waals surface area (Å²) in [6.45, 7) is 0.422. The van der Waals surface area contributed by atoms with Crippen LogP contribution in [0.5, 0.6) is 0 Å². The molecular weight excluding hydrogens is 267 g/mol. The van der Waals surface area contributed by atoms with Crippen LogP contribution in [0.4, 0.5) is 13.2 Å². The van der Waals surface area contributed by atoms with Crippen molar-refractivity contribution in [2.75, 3.05) is 6.61 Å². The maximum atomic E-state index is 12.8. The summed E-state index contributed by atoms with van der Waals surface area (Å²) in [5.41, 5.74) is -0.419. The van der Waals surface area contributed by atoms with Crippen LogP contribution in [0, 0.1) is 5.41 Å². The van der Waals surface area contributed by atoms with Crippen LogP contribution >= 0.6 is 0 Å². The predicted molar refractivity (Wildman–Crippen MR) is 71.1 cm³/mol. The molecule has 0 aromatic heterocycles. The number of alkyl halides is 3. The van der Waals surface area contributed by atoms with E-state index in [0.29, 0.717) is 13.0 Å². The van der Waals surface area contributed by atoms with Gasteiger partial charge in [-0.1, -0.05) is 30.3 Å². The van der Waals surface area contributed by atoms with Gasteiger partial charge in [-0.15, -0.1) is 0 Å². The lowest BCUT2D eigenvalue weighted by molar-refractivity contribution is -0.189. The Bertz CT molecular complexity index is 415. The Morgan fingerprint density at radius 2 is 1.85 bits per heavy atom. The molecule has 0 aliphatic heterocycles. The molecule has 0 radical (unpaired) electrons. The van der Waals surface area contributed by atoms with Crippen molar-refractivity contribution in [3.8, 4) is 0 Å². The first kappa shape index (κ1) is 15.3. The third kappa shape index (κ3) is 3.73. The fourth-order valence-corrected chi connectivity index (χ4v) is 2.39. The van der Waals surface area contributed by atoms with E-state index in [1.165, 1.54) is 0 Å². The average molecular weight is 287 g/mol. The lowest BCUT2D eigenvalue weighted by atomic mass is 9.96. The van der Waals surface area contributed by atoms with Crippen molar-refractivity contribution in [3.05, 3.63) is 35.9 Å². The first-order valence-electron chi connectivity index (χ1n) is 6.92. The Balaban J connectivity index is 1.79. The summed E-state index contributed by atoms with van der Waals surface area (Å²) in [4.78, 5) is 0. The zero-order chi connectivity index (χ0) is 14.6. The van der Waals surface area contributed by atoms with E-state index >= 15 is 0 Å². The number of aliphatic hydroxyl groups excluding tert-OH is 1. The first-order chi connectivity index (χ1) is 9.47. The van der Waals surface area contributed by atoms with Crippen LogP contribution in [0.2, 0.25) is 0 Å². The van der Waals surface area contributed by atoms with Gasteiger partial charge in [0.15, 0.2) is 0 Å². The van der Waals surface area contributed by atoms with Crippen LogP contribution in [0.3, 0.4) is 0 Å². The molecule has 1 aromatic rings. The Morgan fingerprint density at radius 3 is 2.35 bits per heavy atom. The second-order valence-corrected chi connectivity index (χ2v) is 5.56. The highest BCUT2D eigenvalue weighted by Gasteiger charge is 2.62. The molecule has 2 N–H and O–H groups in total. The van der Waals surface area contributed by atoms with E-state index in [1.807, 2.05) is 30.3 Å². The summed E-state index contributed by atoms with van der Waals surface area (Å²) >= 11 is 0. The number of hydrogen-bond acceptors (Lipinski definition) is 2. The minimum absolute atomic E-state index is 0.101. The van der Waals surface area contributed by atoms with Crippen molar-refractivity contribution in [2.45, 2.75) is 44.4 Å².